The molecule has 0 aromatic carbocycles. The van der Waals surface area contributed by atoms with E-state index in [0.29, 0.717) is 24.5 Å². The summed E-state index contributed by atoms with van der Waals surface area (Å²) in [6, 6.07) is 3.36. The van der Waals surface area contributed by atoms with Crippen LogP contribution in [-0.4, -0.2) is 42.3 Å². The molecule has 0 spiro atoms. The van der Waals surface area contributed by atoms with E-state index in [-0.39, 0.29) is 11.9 Å². The number of nitrogens with zero attached hydrogens (tertiary/aromatic N) is 2. The smallest absolute Gasteiger partial charge is 0.305 e. The van der Waals surface area contributed by atoms with Gasteiger partial charge in [0, 0.05) is 19.5 Å². The first-order chi connectivity index (χ1) is 10.2. The zero-order valence-corrected chi connectivity index (χ0v) is 12.5. The molecular weight excluding hydrogens is 272 g/mol. The van der Waals surface area contributed by atoms with Gasteiger partial charge in [-0.25, -0.2) is 0 Å². The van der Waals surface area contributed by atoms with Crippen LogP contribution in [0.1, 0.15) is 43.1 Å². The maximum Gasteiger partial charge on any atom is 0.305 e. The Balaban J connectivity index is 2.21. The topological polar surface area (TPSA) is 93.2 Å². The summed E-state index contributed by atoms with van der Waals surface area (Å²) < 4.78 is 4.57. The van der Waals surface area contributed by atoms with Crippen LogP contribution in [0.25, 0.3) is 0 Å². The summed E-state index contributed by atoms with van der Waals surface area (Å²) in [7, 11) is 1.40. The minimum absolute atomic E-state index is 0.172. The SMILES string of the molecule is CCNC(=O)c1ccc(NCCCCCC(=O)OC)nn1. The molecule has 0 aliphatic carbocycles. The van der Waals surface area contributed by atoms with Crippen LogP contribution < -0.4 is 10.6 Å². The normalized spacial score (nSPS) is 10.0. The van der Waals surface area contributed by atoms with Gasteiger partial charge in [0.1, 0.15) is 5.82 Å². The van der Waals surface area contributed by atoms with Crippen molar-refractivity contribution in [3.63, 3.8) is 0 Å². The molecule has 1 aromatic heterocycles. The second kappa shape index (κ2) is 9.68. The zero-order valence-electron chi connectivity index (χ0n) is 12.5. The predicted octanol–water partition coefficient (Wildman–Crippen LogP) is 1.37. The number of unbranched alkanes of at least 4 members (excludes halogenated alkanes) is 2. The quantitative estimate of drug-likeness (QED) is 0.528. The lowest BCUT2D eigenvalue weighted by Gasteiger charge is -2.05. The fourth-order valence-electron chi connectivity index (χ4n) is 1.69. The molecule has 0 saturated carbocycles. The molecule has 7 nitrogen and oxygen atoms in total. The average Bonchev–Trinajstić information content (AvgIpc) is 2.51. The van der Waals surface area contributed by atoms with Gasteiger partial charge in [0.15, 0.2) is 5.69 Å². The summed E-state index contributed by atoms with van der Waals surface area (Å²) in [5.74, 6) is 0.241. The molecule has 21 heavy (non-hydrogen) atoms. The fraction of sp³-hybridized carbons (Fsp3) is 0.571. The van der Waals surface area contributed by atoms with Gasteiger partial charge in [-0.2, -0.15) is 0 Å². The van der Waals surface area contributed by atoms with Gasteiger partial charge < -0.3 is 15.4 Å². The average molecular weight is 294 g/mol. The first-order valence-corrected chi connectivity index (χ1v) is 7.10. The molecule has 0 aliphatic heterocycles. The predicted molar refractivity (Wildman–Crippen MR) is 79.0 cm³/mol. The lowest BCUT2D eigenvalue weighted by atomic mass is 10.2. The van der Waals surface area contributed by atoms with E-state index in [1.54, 1.807) is 12.1 Å². The van der Waals surface area contributed by atoms with Crippen molar-refractivity contribution in [2.45, 2.75) is 32.6 Å². The molecule has 7 heteroatoms. The lowest BCUT2D eigenvalue weighted by molar-refractivity contribution is -0.140. The van der Waals surface area contributed by atoms with E-state index in [0.717, 1.165) is 25.8 Å². The van der Waals surface area contributed by atoms with Gasteiger partial charge in [0.05, 0.1) is 7.11 Å². The van der Waals surface area contributed by atoms with Crippen LogP contribution in [0.5, 0.6) is 0 Å². The van der Waals surface area contributed by atoms with Crippen molar-refractivity contribution >= 4 is 17.7 Å². The third-order valence-electron chi connectivity index (χ3n) is 2.83. The molecule has 0 unspecified atom stereocenters. The number of methoxy groups -OCH3 is 1. The van der Waals surface area contributed by atoms with E-state index in [1.807, 2.05) is 6.92 Å². The Bertz CT molecular complexity index is 448. The Kier molecular flexibility index (Phi) is 7.78. The third kappa shape index (κ3) is 6.69. The van der Waals surface area contributed by atoms with Crippen molar-refractivity contribution in [2.75, 3.05) is 25.5 Å². The maximum absolute atomic E-state index is 11.5. The highest BCUT2D eigenvalue weighted by Crippen LogP contribution is 2.05. The lowest BCUT2D eigenvalue weighted by Crippen LogP contribution is -2.24. The number of aromatic nitrogens is 2. The number of hydrogen-bond donors (Lipinski definition) is 2. The van der Waals surface area contributed by atoms with Crippen LogP contribution in [0.4, 0.5) is 5.82 Å². The fourth-order valence-corrected chi connectivity index (χ4v) is 1.69. The highest BCUT2D eigenvalue weighted by atomic mass is 16.5. The Morgan fingerprint density at radius 1 is 1.19 bits per heavy atom. The van der Waals surface area contributed by atoms with E-state index >= 15 is 0 Å². The van der Waals surface area contributed by atoms with Gasteiger partial charge in [-0.05, 0) is 31.9 Å². The summed E-state index contributed by atoms with van der Waals surface area (Å²) in [5.41, 5.74) is 0.306. The van der Waals surface area contributed by atoms with Crippen LogP contribution in [0.3, 0.4) is 0 Å². The van der Waals surface area contributed by atoms with Gasteiger partial charge in [-0.1, -0.05) is 6.42 Å². The Morgan fingerprint density at radius 3 is 2.62 bits per heavy atom. The molecule has 1 aromatic rings. The van der Waals surface area contributed by atoms with Crippen molar-refractivity contribution in [3.05, 3.63) is 17.8 Å². The number of rotatable bonds is 9. The molecule has 0 saturated heterocycles. The summed E-state index contributed by atoms with van der Waals surface area (Å²) in [4.78, 5) is 22.4. The van der Waals surface area contributed by atoms with E-state index < -0.39 is 0 Å². The number of hydrogen-bond acceptors (Lipinski definition) is 6. The van der Waals surface area contributed by atoms with Crippen LogP contribution in [0.15, 0.2) is 12.1 Å². The molecule has 0 atom stereocenters. The van der Waals surface area contributed by atoms with Crippen LogP contribution in [0, 0.1) is 0 Å². The second-order valence-electron chi connectivity index (χ2n) is 4.48. The summed E-state index contributed by atoms with van der Waals surface area (Å²) in [5, 5.41) is 13.6. The van der Waals surface area contributed by atoms with Crippen molar-refractivity contribution in [1.29, 1.82) is 0 Å². The van der Waals surface area contributed by atoms with E-state index in [1.165, 1.54) is 7.11 Å². The van der Waals surface area contributed by atoms with Crippen molar-refractivity contribution < 1.29 is 14.3 Å². The molecule has 116 valence electrons. The molecule has 1 rings (SSSR count). The third-order valence-corrected chi connectivity index (χ3v) is 2.83. The maximum atomic E-state index is 11.5. The number of amides is 1. The first-order valence-electron chi connectivity index (χ1n) is 7.10. The number of ether oxygens (including phenoxy) is 1. The molecule has 2 N–H and O–H groups in total. The van der Waals surface area contributed by atoms with Gasteiger partial charge in [0.2, 0.25) is 0 Å². The summed E-state index contributed by atoms with van der Waals surface area (Å²) in [6.07, 6.45) is 3.14. The van der Waals surface area contributed by atoms with Gasteiger partial charge >= 0.3 is 5.97 Å². The highest BCUT2D eigenvalue weighted by Gasteiger charge is 2.06. The highest BCUT2D eigenvalue weighted by molar-refractivity contribution is 5.92. The molecule has 0 bridgehead atoms. The molecule has 0 fully saturated rings. The van der Waals surface area contributed by atoms with Crippen molar-refractivity contribution in [1.82, 2.24) is 15.5 Å². The van der Waals surface area contributed by atoms with E-state index in [9.17, 15) is 9.59 Å². The van der Waals surface area contributed by atoms with Crippen molar-refractivity contribution in [3.8, 4) is 0 Å². The van der Waals surface area contributed by atoms with Gasteiger partial charge in [-0.15, -0.1) is 10.2 Å². The molecule has 0 radical (unpaired) electrons. The first kappa shape index (κ1) is 16.9. The zero-order chi connectivity index (χ0) is 15.5. The molecule has 1 heterocycles. The van der Waals surface area contributed by atoms with E-state index in [4.69, 9.17) is 0 Å². The number of carbonyl (C=O) groups is 2. The van der Waals surface area contributed by atoms with Crippen LogP contribution in [-0.2, 0) is 9.53 Å². The number of esters is 1. The van der Waals surface area contributed by atoms with Crippen molar-refractivity contribution in [2.24, 2.45) is 0 Å². The summed E-state index contributed by atoms with van der Waals surface area (Å²) >= 11 is 0. The minimum atomic E-state index is -0.223. The second-order valence-corrected chi connectivity index (χ2v) is 4.48. The Labute approximate surface area is 124 Å². The van der Waals surface area contributed by atoms with Crippen LogP contribution >= 0.6 is 0 Å². The van der Waals surface area contributed by atoms with Gasteiger partial charge in [-0.3, -0.25) is 9.59 Å². The Hall–Kier alpha value is -2.18. The monoisotopic (exact) mass is 294 g/mol. The number of carbonyl (C=O) groups excluding carboxylic acids is 2. The largest absolute Gasteiger partial charge is 0.469 e. The molecule has 0 aliphatic rings. The van der Waals surface area contributed by atoms with E-state index in [2.05, 4.69) is 25.6 Å². The summed E-state index contributed by atoms with van der Waals surface area (Å²) in [6.45, 7) is 3.16. The standard InChI is InChI=1S/C14H22N4O3/c1-3-15-14(20)11-8-9-12(18-17-11)16-10-6-4-5-7-13(19)21-2/h8-9H,3-7,10H2,1-2H3,(H,15,20)(H,16,18). The molecular formula is C14H22N4O3. The minimum Gasteiger partial charge on any atom is -0.469 e. The number of anilines is 1. The Morgan fingerprint density at radius 2 is 2.00 bits per heavy atom. The number of nitrogens with one attached hydrogen (secondary N) is 2. The van der Waals surface area contributed by atoms with Gasteiger partial charge in [0.25, 0.3) is 5.91 Å². The van der Waals surface area contributed by atoms with Crippen LogP contribution in [0.2, 0.25) is 0 Å². The molecule has 1 amide bonds.